The van der Waals surface area contributed by atoms with E-state index >= 15 is 0 Å². The van der Waals surface area contributed by atoms with E-state index in [1.54, 1.807) is 0 Å². The molecule has 0 spiro atoms. The molecular weight excluding hydrogens is 312 g/mol. The zero-order valence-electron chi connectivity index (χ0n) is 13.9. The first-order valence-corrected chi connectivity index (χ1v) is 8.45. The Labute approximate surface area is 146 Å². The zero-order valence-corrected chi connectivity index (χ0v) is 13.9. The Hall–Kier alpha value is -3.08. The predicted octanol–water partition coefficient (Wildman–Crippen LogP) is 2.54. The van der Waals surface area contributed by atoms with Crippen LogP contribution in [-0.4, -0.2) is 16.4 Å². The predicted molar refractivity (Wildman–Crippen MR) is 99.6 cm³/mol. The number of carbonyl (C=O) groups is 1. The van der Waals surface area contributed by atoms with Crippen molar-refractivity contribution in [3.8, 4) is 5.69 Å². The number of nitrogens with two attached hydrogens (primary N) is 2. The van der Waals surface area contributed by atoms with Crippen molar-refractivity contribution in [2.45, 2.75) is 19.3 Å². The second kappa shape index (κ2) is 6.09. The Kier molecular flexibility index (Phi) is 3.76. The fourth-order valence-corrected chi connectivity index (χ4v) is 3.81. The third-order valence-electron chi connectivity index (χ3n) is 4.87. The summed E-state index contributed by atoms with van der Waals surface area (Å²) in [6.07, 6.45) is 2.26. The van der Waals surface area contributed by atoms with E-state index in [1.807, 2.05) is 24.3 Å². The number of amides is 1. The van der Waals surface area contributed by atoms with Crippen molar-refractivity contribution in [2.75, 3.05) is 0 Å². The Bertz CT molecular complexity index is 968. The summed E-state index contributed by atoms with van der Waals surface area (Å²) in [4.78, 5) is 16.0. The standard InChI is InChI=1S/C20H20N4O/c21-20(22)23-19(25)13-10-11-18-16(12-13)15-8-4-5-9-17(15)24(18)14-6-2-1-3-7-14/h1-9,13H,10-12H2,(H4,21,22,23,25). The highest BCUT2D eigenvalue weighted by Gasteiger charge is 2.29. The quantitative estimate of drug-likeness (QED) is 0.558. The van der Waals surface area contributed by atoms with Gasteiger partial charge in [0.1, 0.15) is 0 Å². The molecule has 0 radical (unpaired) electrons. The molecule has 126 valence electrons. The normalized spacial score (nSPS) is 16.4. The molecule has 3 aromatic rings. The highest BCUT2D eigenvalue weighted by molar-refractivity contribution is 5.94. The van der Waals surface area contributed by atoms with Crippen LogP contribution in [0, 0.1) is 5.92 Å². The largest absolute Gasteiger partial charge is 0.370 e. The van der Waals surface area contributed by atoms with E-state index in [0.717, 1.165) is 18.5 Å². The number of hydrogen-bond acceptors (Lipinski definition) is 1. The van der Waals surface area contributed by atoms with E-state index in [9.17, 15) is 4.79 Å². The molecule has 1 atom stereocenters. The molecule has 0 fully saturated rings. The minimum absolute atomic E-state index is 0.162. The molecule has 0 saturated carbocycles. The summed E-state index contributed by atoms with van der Waals surface area (Å²) in [7, 11) is 0. The van der Waals surface area contributed by atoms with Crippen molar-refractivity contribution in [3.63, 3.8) is 0 Å². The van der Waals surface area contributed by atoms with E-state index < -0.39 is 0 Å². The van der Waals surface area contributed by atoms with Gasteiger partial charge in [0.25, 0.3) is 5.91 Å². The van der Waals surface area contributed by atoms with Gasteiger partial charge in [-0.25, -0.2) is 0 Å². The second-order valence-electron chi connectivity index (χ2n) is 6.43. The summed E-state index contributed by atoms with van der Waals surface area (Å²) in [5.74, 6) is -0.547. The van der Waals surface area contributed by atoms with Crippen molar-refractivity contribution in [2.24, 2.45) is 22.4 Å². The first kappa shape index (κ1) is 15.4. The minimum atomic E-state index is -0.220. The van der Waals surface area contributed by atoms with Gasteiger partial charge in [0.05, 0.1) is 5.52 Å². The summed E-state index contributed by atoms with van der Waals surface area (Å²) in [6, 6.07) is 18.7. The molecule has 2 aromatic carbocycles. The van der Waals surface area contributed by atoms with E-state index in [2.05, 4.69) is 39.9 Å². The van der Waals surface area contributed by atoms with Gasteiger partial charge in [-0.05, 0) is 43.0 Å². The lowest BCUT2D eigenvalue weighted by atomic mass is 9.86. The van der Waals surface area contributed by atoms with Gasteiger partial charge in [0, 0.05) is 22.7 Å². The Morgan fingerprint density at radius 3 is 2.52 bits per heavy atom. The Morgan fingerprint density at radius 2 is 1.76 bits per heavy atom. The average Bonchev–Trinajstić information content (AvgIpc) is 2.95. The Morgan fingerprint density at radius 1 is 1.04 bits per heavy atom. The number of aromatic nitrogens is 1. The summed E-state index contributed by atoms with van der Waals surface area (Å²) in [5.41, 5.74) is 15.6. The van der Waals surface area contributed by atoms with Crippen LogP contribution in [0.5, 0.6) is 0 Å². The molecule has 0 bridgehead atoms. The molecule has 1 amide bonds. The van der Waals surface area contributed by atoms with Gasteiger partial charge in [-0.2, -0.15) is 4.99 Å². The highest BCUT2D eigenvalue weighted by atomic mass is 16.1. The molecule has 25 heavy (non-hydrogen) atoms. The van der Waals surface area contributed by atoms with Crippen molar-refractivity contribution in [3.05, 3.63) is 65.9 Å². The SMILES string of the molecule is NC(N)=NC(=O)C1CCc2c(c3ccccc3n2-c2ccccc2)C1. The monoisotopic (exact) mass is 332 g/mol. The fraction of sp³-hybridized carbons (Fsp3) is 0.200. The van der Waals surface area contributed by atoms with Crippen LogP contribution in [0.2, 0.25) is 0 Å². The van der Waals surface area contributed by atoms with Gasteiger partial charge in [0.15, 0.2) is 5.96 Å². The van der Waals surface area contributed by atoms with Crippen molar-refractivity contribution < 1.29 is 4.79 Å². The summed E-state index contributed by atoms with van der Waals surface area (Å²) in [5, 5.41) is 1.20. The third-order valence-corrected chi connectivity index (χ3v) is 4.87. The molecule has 1 aliphatic rings. The summed E-state index contributed by atoms with van der Waals surface area (Å²) < 4.78 is 2.31. The number of carbonyl (C=O) groups excluding carboxylic acids is 1. The van der Waals surface area contributed by atoms with Crippen LogP contribution in [0.4, 0.5) is 0 Å². The van der Waals surface area contributed by atoms with Crippen LogP contribution < -0.4 is 11.5 Å². The van der Waals surface area contributed by atoms with E-state index in [4.69, 9.17) is 11.5 Å². The molecule has 4 rings (SSSR count). The zero-order chi connectivity index (χ0) is 17.4. The molecule has 5 nitrogen and oxygen atoms in total. The molecule has 4 N–H and O–H groups in total. The van der Waals surface area contributed by atoms with Crippen molar-refractivity contribution in [1.82, 2.24) is 4.57 Å². The number of rotatable bonds is 2. The van der Waals surface area contributed by atoms with Gasteiger partial charge < -0.3 is 16.0 Å². The van der Waals surface area contributed by atoms with Crippen LogP contribution in [0.1, 0.15) is 17.7 Å². The topological polar surface area (TPSA) is 86.4 Å². The first-order valence-electron chi connectivity index (χ1n) is 8.45. The number of para-hydroxylation sites is 2. The van der Waals surface area contributed by atoms with E-state index in [-0.39, 0.29) is 17.8 Å². The summed E-state index contributed by atoms with van der Waals surface area (Å²) in [6.45, 7) is 0. The number of fused-ring (bicyclic) bond motifs is 3. The number of aliphatic imine (C=N–C) groups is 1. The lowest BCUT2D eigenvalue weighted by molar-refractivity contribution is -0.121. The van der Waals surface area contributed by atoms with E-state index in [1.165, 1.54) is 22.2 Å². The molecule has 0 aliphatic heterocycles. The number of benzene rings is 2. The highest BCUT2D eigenvalue weighted by Crippen LogP contribution is 2.36. The number of guanidine groups is 1. The smallest absolute Gasteiger partial charge is 0.252 e. The van der Waals surface area contributed by atoms with Crippen LogP contribution in [0.15, 0.2) is 59.6 Å². The Balaban J connectivity index is 1.84. The van der Waals surface area contributed by atoms with Crippen LogP contribution in [0.3, 0.4) is 0 Å². The maximum absolute atomic E-state index is 12.3. The molecule has 5 heteroatoms. The molecular formula is C20H20N4O. The maximum Gasteiger partial charge on any atom is 0.252 e. The number of hydrogen-bond donors (Lipinski definition) is 2. The number of nitrogens with zero attached hydrogens (tertiary/aromatic N) is 2. The van der Waals surface area contributed by atoms with Crippen molar-refractivity contribution in [1.29, 1.82) is 0 Å². The first-order chi connectivity index (χ1) is 12.1. The van der Waals surface area contributed by atoms with Crippen molar-refractivity contribution >= 4 is 22.8 Å². The molecule has 1 heterocycles. The van der Waals surface area contributed by atoms with E-state index in [0.29, 0.717) is 6.42 Å². The van der Waals surface area contributed by atoms with Gasteiger partial charge >= 0.3 is 0 Å². The van der Waals surface area contributed by atoms with Gasteiger partial charge in [0.2, 0.25) is 0 Å². The minimum Gasteiger partial charge on any atom is -0.370 e. The summed E-state index contributed by atoms with van der Waals surface area (Å²) >= 11 is 0. The lowest BCUT2D eigenvalue weighted by Gasteiger charge is -2.22. The van der Waals surface area contributed by atoms with Crippen LogP contribution >= 0.6 is 0 Å². The fourth-order valence-electron chi connectivity index (χ4n) is 3.81. The molecule has 1 aromatic heterocycles. The van der Waals surface area contributed by atoms with Gasteiger partial charge in [-0.3, -0.25) is 4.79 Å². The van der Waals surface area contributed by atoms with Crippen LogP contribution in [0.25, 0.3) is 16.6 Å². The molecule has 1 aliphatic carbocycles. The maximum atomic E-state index is 12.3. The third kappa shape index (κ3) is 2.67. The van der Waals surface area contributed by atoms with Gasteiger partial charge in [-0.15, -0.1) is 0 Å². The second-order valence-corrected chi connectivity index (χ2v) is 6.43. The lowest BCUT2D eigenvalue weighted by Crippen LogP contribution is -2.28. The van der Waals surface area contributed by atoms with Crippen LogP contribution in [-0.2, 0) is 17.6 Å². The molecule has 1 unspecified atom stereocenters. The van der Waals surface area contributed by atoms with Gasteiger partial charge in [-0.1, -0.05) is 36.4 Å². The average molecular weight is 332 g/mol. The molecule has 0 saturated heterocycles.